The molecule has 0 atom stereocenters. The number of rotatable bonds is 6. The topological polar surface area (TPSA) is 84.8 Å². The van der Waals surface area contributed by atoms with Crippen molar-refractivity contribution < 1.29 is 9.53 Å². The van der Waals surface area contributed by atoms with E-state index in [1.165, 1.54) is 0 Å². The Bertz CT molecular complexity index is 622. The van der Waals surface area contributed by atoms with Gasteiger partial charge in [-0.1, -0.05) is 6.07 Å². The van der Waals surface area contributed by atoms with Crippen LogP contribution in [-0.4, -0.2) is 45.9 Å². The quantitative estimate of drug-likeness (QED) is 0.607. The third kappa shape index (κ3) is 3.49. The van der Waals surface area contributed by atoms with Gasteiger partial charge >= 0.3 is 0 Å². The van der Waals surface area contributed by atoms with Crippen molar-refractivity contribution in [1.82, 2.24) is 25.1 Å². The second-order valence-electron chi connectivity index (χ2n) is 4.00. The normalized spacial score (nSPS) is 10.4. The van der Waals surface area contributed by atoms with Gasteiger partial charge in [0.2, 0.25) is 5.91 Å². The first-order valence-corrected chi connectivity index (χ1v) is 6.45. The zero-order valence-corrected chi connectivity index (χ0v) is 11.8. The maximum atomic E-state index is 11.8. The molecule has 1 amide bonds. The minimum Gasteiger partial charge on any atom is -0.383 e. The number of aromatic nitrogens is 4. The SMILES string of the molecule is COCCNC(=O)Cn1c(-c2ccccn2)n[nH]c1=S. The molecule has 0 aliphatic heterocycles. The fourth-order valence-corrected chi connectivity index (χ4v) is 1.84. The third-order valence-corrected chi connectivity index (χ3v) is 2.89. The van der Waals surface area contributed by atoms with E-state index in [1.54, 1.807) is 17.9 Å². The number of carbonyl (C=O) groups is 1. The molecule has 7 nitrogen and oxygen atoms in total. The molecular formula is C12H15N5O2S. The summed E-state index contributed by atoms with van der Waals surface area (Å²) in [4.78, 5) is 16.0. The highest BCUT2D eigenvalue weighted by Crippen LogP contribution is 2.13. The molecule has 2 aromatic rings. The van der Waals surface area contributed by atoms with E-state index in [1.807, 2.05) is 18.2 Å². The van der Waals surface area contributed by atoms with E-state index in [-0.39, 0.29) is 12.5 Å². The Hall–Kier alpha value is -2.06. The van der Waals surface area contributed by atoms with Gasteiger partial charge in [-0.25, -0.2) is 0 Å². The highest BCUT2D eigenvalue weighted by Gasteiger charge is 2.12. The zero-order valence-electron chi connectivity index (χ0n) is 11.0. The number of H-pyrrole nitrogens is 1. The number of carbonyl (C=O) groups excluding carboxylic acids is 1. The van der Waals surface area contributed by atoms with Gasteiger partial charge in [0.05, 0.1) is 6.61 Å². The lowest BCUT2D eigenvalue weighted by molar-refractivity contribution is -0.121. The number of pyridine rings is 1. The minimum atomic E-state index is -0.156. The van der Waals surface area contributed by atoms with E-state index >= 15 is 0 Å². The number of nitrogens with zero attached hydrogens (tertiary/aromatic N) is 3. The van der Waals surface area contributed by atoms with Crippen LogP contribution in [0.5, 0.6) is 0 Å². The second kappa shape index (κ2) is 6.92. The van der Waals surface area contributed by atoms with Gasteiger partial charge in [0.15, 0.2) is 10.6 Å². The Morgan fingerprint density at radius 1 is 1.55 bits per heavy atom. The van der Waals surface area contributed by atoms with E-state index in [0.717, 1.165) is 0 Å². The van der Waals surface area contributed by atoms with Gasteiger partial charge in [0.1, 0.15) is 12.2 Å². The van der Waals surface area contributed by atoms with Crippen molar-refractivity contribution in [2.75, 3.05) is 20.3 Å². The van der Waals surface area contributed by atoms with E-state index in [0.29, 0.717) is 29.4 Å². The molecule has 2 heterocycles. The first-order chi connectivity index (χ1) is 9.72. The molecule has 0 radical (unpaired) electrons. The maximum Gasteiger partial charge on any atom is 0.240 e. The number of aromatic amines is 1. The molecule has 0 unspecified atom stereocenters. The number of nitrogens with one attached hydrogen (secondary N) is 2. The van der Waals surface area contributed by atoms with Crippen LogP contribution >= 0.6 is 12.2 Å². The molecule has 0 spiro atoms. The summed E-state index contributed by atoms with van der Waals surface area (Å²) >= 11 is 5.14. The Morgan fingerprint density at radius 2 is 2.40 bits per heavy atom. The number of ether oxygens (including phenoxy) is 1. The van der Waals surface area contributed by atoms with E-state index in [2.05, 4.69) is 20.5 Å². The Morgan fingerprint density at radius 3 is 3.10 bits per heavy atom. The van der Waals surface area contributed by atoms with Crippen LogP contribution in [0.4, 0.5) is 0 Å². The Balaban J connectivity index is 2.14. The summed E-state index contributed by atoms with van der Waals surface area (Å²) in [6.45, 7) is 1.01. The highest BCUT2D eigenvalue weighted by molar-refractivity contribution is 7.71. The molecule has 2 aromatic heterocycles. The molecule has 0 saturated carbocycles. The summed E-state index contributed by atoms with van der Waals surface area (Å²) in [5, 5.41) is 9.53. The number of hydrogen-bond acceptors (Lipinski definition) is 5. The standard InChI is InChI=1S/C12H15N5O2S/c1-19-7-6-14-10(18)8-17-11(15-16-12(17)20)9-4-2-3-5-13-9/h2-5H,6-8H2,1H3,(H,14,18)(H,16,20). The summed E-state index contributed by atoms with van der Waals surface area (Å²) in [7, 11) is 1.58. The highest BCUT2D eigenvalue weighted by atomic mass is 32.1. The van der Waals surface area contributed by atoms with Crippen LogP contribution in [0.3, 0.4) is 0 Å². The van der Waals surface area contributed by atoms with E-state index < -0.39 is 0 Å². The molecule has 0 fully saturated rings. The first-order valence-electron chi connectivity index (χ1n) is 6.04. The monoisotopic (exact) mass is 293 g/mol. The summed E-state index contributed by atoms with van der Waals surface area (Å²) in [6, 6.07) is 5.47. The molecule has 2 N–H and O–H groups in total. The van der Waals surface area contributed by atoms with Crippen molar-refractivity contribution in [2.45, 2.75) is 6.54 Å². The number of methoxy groups -OCH3 is 1. The smallest absolute Gasteiger partial charge is 0.240 e. The molecular weight excluding hydrogens is 278 g/mol. The molecule has 8 heteroatoms. The van der Waals surface area contributed by atoms with Crippen LogP contribution in [0, 0.1) is 4.77 Å². The minimum absolute atomic E-state index is 0.0882. The lowest BCUT2D eigenvalue weighted by Crippen LogP contribution is -2.30. The van der Waals surface area contributed by atoms with Crippen molar-refractivity contribution in [1.29, 1.82) is 0 Å². The molecule has 0 saturated heterocycles. The zero-order chi connectivity index (χ0) is 14.4. The first kappa shape index (κ1) is 14.4. The molecule has 20 heavy (non-hydrogen) atoms. The predicted octanol–water partition coefficient (Wildman–Crippen LogP) is 0.765. The average molecular weight is 293 g/mol. The van der Waals surface area contributed by atoms with Crippen LogP contribution in [0.1, 0.15) is 0 Å². The fourth-order valence-electron chi connectivity index (χ4n) is 1.65. The van der Waals surface area contributed by atoms with Gasteiger partial charge in [-0.3, -0.25) is 19.4 Å². The van der Waals surface area contributed by atoms with Crippen LogP contribution in [0.25, 0.3) is 11.5 Å². The van der Waals surface area contributed by atoms with Crippen molar-refractivity contribution in [3.8, 4) is 11.5 Å². The largest absolute Gasteiger partial charge is 0.383 e. The molecule has 0 bridgehead atoms. The van der Waals surface area contributed by atoms with Crippen LogP contribution < -0.4 is 5.32 Å². The molecule has 2 rings (SSSR count). The van der Waals surface area contributed by atoms with Crippen LogP contribution in [0.2, 0.25) is 0 Å². The summed E-state index contributed by atoms with van der Waals surface area (Å²) in [5.74, 6) is 0.384. The average Bonchev–Trinajstić information content (AvgIpc) is 2.82. The maximum absolute atomic E-state index is 11.8. The lowest BCUT2D eigenvalue weighted by atomic mass is 10.3. The Labute approximate surface area is 121 Å². The van der Waals surface area contributed by atoms with E-state index in [4.69, 9.17) is 17.0 Å². The van der Waals surface area contributed by atoms with Crippen molar-refractivity contribution >= 4 is 18.1 Å². The van der Waals surface area contributed by atoms with Gasteiger partial charge in [0.25, 0.3) is 0 Å². The second-order valence-corrected chi connectivity index (χ2v) is 4.38. The van der Waals surface area contributed by atoms with Gasteiger partial charge in [0, 0.05) is 19.9 Å². The van der Waals surface area contributed by atoms with Gasteiger partial charge in [-0.05, 0) is 24.4 Å². The van der Waals surface area contributed by atoms with Gasteiger partial charge in [-0.2, -0.15) is 5.10 Å². The van der Waals surface area contributed by atoms with Crippen molar-refractivity contribution in [3.63, 3.8) is 0 Å². The molecule has 106 valence electrons. The van der Waals surface area contributed by atoms with Crippen LogP contribution in [0.15, 0.2) is 24.4 Å². The Kier molecular flexibility index (Phi) is 4.97. The molecule has 0 aliphatic carbocycles. The third-order valence-electron chi connectivity index (χ3n) is 2.58. The number of amides is 1. The van der Waals surface area contributed by atoms with Gasteiger partial charge in [-0.15, -0.1) is 0 Å². The van der Waals surface area contributed by atoms with Gasteiger partial charge < -0.3 is 10.1 Å². The van der Waals surface area contributed by atoms with Crippen LogP contribution in [-0.2, 0) is 16.1 Å². The summed E-state index contributed by atoms with van der Waals surface area (Å²) in [5.41, 5.74) is 0.657. The van der Waals surface area contributed by atoms with E-state index in [9.17, 15) is 4.79 Å². The number of hydrogen-bond donors (Lipinski definition) is 2. The lowest BCUT2D eigenvalue weighted by Gasteiger charge is -2.07. The van der Waals surface area contributed by atoms with Crippen molar-refractivity contribution in [3.05, 3.63) is 29.2 Å². The summed E-state index contributed by atoms with van der Waals surface area (Å²) < 4.78 is 6.87. The molecule has 0 aliphatic rings. The fraction of sp³-hybridized carbons (Fsp3) is 0.333. The summed E-state index contributed by atoms with van der Waals surface area (Å²) in [6.07, 6.45) is 1.66. The predicted molar refractivity (Wildman–Crippen MR) is 75.5 cm³/mol. The van der Waals surface area contributed by atoms with Crippen molar-refractivity contribution in [2.24, 2.45) is 0 Å². The molecule has 0 aromatic carbocycles.